The first-order chi connectivity index (χ1) is 9.59. The minimum atomic E-state index is -0.454. The third kappa shape index (κ3) is 1.50. The SMILES string of the molecule is Cc1cc2c(s1)N=C1N(c3cccs3)CCC1(C)C2=O. The number of amidine groups is 1. The highest BCUT2D eigenvalue weighted by molar-refractivity contribution is 7.16. The molecule has 4 rings (SSSR count). The summed E-state index contributed by atoms with van der Waals surface area (Å²) in [7, 11) is 0. The van der Waals surface area contributed by atoms with Crippen LogP contribution in [0, 0.1) is 12.3 Å². The molecular formula is C15H14N2OS2. The van der Waals surface area contributed by atoms with Gasteiger partial charge in [0, 0.05) is 11.4 Å². The van der Waals surface area contributed by atoms with Gasteiger partial charge in [-0.15, -0.1) is 22.7 Å². The second-order valence-electron chi connectivity index (χ2n) is 5.53. The van der Waals surface area contributed by atoms with Crippen molar-refractivity contribution in [3.8, 4) is 0 Å². The number of ketones is 1. The molecule has 4 heterocycles. The number of hydrogen-bond donors (Lipinski definition) is 0. The van der Waals surface area contributed by atoms with Gasteiger partial charge in [0.05, 0.1) is 16.0 Å². The summed E-state index contributed by atoms with van der Waals surface area (Å²) in [5, 5.41) is 4.12. The fourth-order valence-corrected chi connectivity index (χ4v) is 4.66. The number of Topliss-reactive ketones (excluding diaryl/α,β-unsaturated/α-hetero) is 1. The van der Waals surface area contributed by atoms with Crippen LogP contribution in [-0.2, 0) is 0 Å². The van der Waals surface area contributed by atoms with Crippen LogP contribution >= 0.6 is 22.7 Å². The number of carbonyl (C=O) groups excluding carboxylic acids is 1. The molecule has 0 N–H and O–H groups in total. The standard InChI is InChI=1S/C15H14N2OS2/c1-9-8-10-12(18)15(2)5-6-17(11-4-3-7-19-11)14(15)16-13(10)20-9/h3-4,7-8H,5-6H2,1-2H3. The van der Waals surface area contributed by atoms with Crippen LogP contribution in [0.25, 0.3) is 0 Å². The van der Waals surface area contributed by atoms with Crippen molar-refractivity contribution in [1.82, 2.24) is 0 Å². The zero-order valence-electron chi connectivity index (χ0n) is 11.3. The van der Waals surface area contributed by atoms with Crippen molar-refractivity contribution in [2.75, 3.05) is 11.4 Å². The number of carbonyl (C=O) groups is 1. The average Bonchev–Trinajstić information content (AvgIpc) is 3.10. The van der Waals surface area contributed by atoms with Crippen LogP contribution in [0.15, 0.2) is 28.6 Å². The van der Waals surface area contributed by atoms with Gasteiger partial charge in [-0.3, -0.25) is 4.79 Å². The summed E-state index contributed by atoms with van der Waals surface area (Å²) in [5.74, 6) is 1.17. The molecule has 1 unspecified atom stereocenters. The smallest absolute Gasteiger partial charge is 0.179 e. The zero-order chi connectivity index (χ0) is 13.9. The molecule has 0 amide bonds. The van der Waals surface area contributed by atoms with Gasteiger partial charge >= 0.3 is 0 Å². The quantitative estimate of drug-likeness (QED) is 0.788. The summed E-state index contributed by atoms with van der Waals surface area (Å²) >= 11 is 3.31. The van der Waals surface area contributed by atoms with Crippen LogP contribution in [0.3, 0.4) is 0 Å². The van der Waals surface area contributed by atoms with Gasteiger partial charge in [0.15, 0.2) is 5.78 Å². The summed E-state index contributed by atoms with van der Waals surface area (Å²) in [4.78, 5) is 21.0. The third-order valence-corrected chi connectivity index (χ3v) is 5.98. The molecule has 0 aromatic carbocycles. The molecule has 3 nitrogen and oxygen atoms in total. The Morgan fingerprint density at radius 3 is 3.05 bits per heavy atom. The predicted octanol–water partition coefficient (Wildman–Crippen LogP) is 4.26. The van der Waals surface area contributed by atoms with E-state index < -0.39 is 5.41 Å². The Balaban J connectivity index is 1.89. The first-order valence-corrected chi connectivity index (χ1v) is 8.35. The number of rotatable bonds is 1. The van der Waals surface area contributed by atoms with Crippen LogP contribution in [0.1, 0.15) is 28.6 Å². The Bertz CT molecular complexity index is 729. The van der Waals surface area contributed by atoms with Gasteiger partial charge in [0.1, 0.15) is 10.8 Å². The zero-order valence-corrected chi connectivity index (χ0v) is 13.0. The number of aliphatic imine (C=N–C) groups is 1. The molecule has 2 aromatic rings. The van der Waals surface area contributed by atoms with Gasteiger partial charge in [0.2, 0.25) is 0 Å². The molecule has 102 valence electrons. The molecular weight excluding hydrogens is 288 g/mol. The maximum absolute atomic E-state index is 12.9. The monoisotopic (exact) mass is 302 g/mol. The van der Waals surface area contributed by atoms with Gasteiger partial charge in [-0.2, -0.15) is 0 Å². The molecule has 20 heavy (non-hydrogen) atoms. The van der Waals surface area contributed by atoms with Crippen LogP contribution in [-0.4, -0.2) is 18.2 Å². The van der Waals surface area contributed by atoms with E-state index in [0.29, 0.717) is 0 Å². The predicted molar refractivity (Wildman–Crippen MR) is 84.9 cm³/mol. The van der Waals surface area contributed by atoms with Crippen molar-refractivity contribution in [1.29, 1.82) is 0 Å². The molecule has 5 heteroatoms. The number of anilines is 1. The number of hydrogen-bond acceptors (Lipinski definition) is 5. The van der Waals surface area contributed by atoms with Gasteiger partial charge in [-0.25, -0.2) is 4.99 Å². The Morgan fingerprint density at radius 1 is 1.45 bits per heavy atom. The van der Waals surface area contributed by atoms with Gasteiger partial charge in [0.25, 0.3) is 0 Å². The molecule has 2 aliphatic rings. The van der Waals surface area contributed by atoms with E-state index in [4.69, 9.17) is 4.99 Å². The largest absolute Gasteiger partial charge is 0.321 e. The van der Waals surface area contributed by atoms with E-state index in [1.807, 2.05) is 26.0 Å². The minimum Gasteiger partial charge on any atom is -0.321 e. The summed E-state index contributed by atoms with van der Waals surface area (Å²) in [5.41, 5.74) is 0.358. The maximum atomic E-state index is 12.9. The molecule has 2 aromatic heterocycles. The van der Waals surface area contributed by atoms with E-state index in [1.165, 1.54) is 5.00 Å². The number of nitrogens with zero attached hydrogens (tertiary/aromatic N) is 2. The Morgan fingerprint density at radius 2 is 2.30 bits per heavy atom. The lowest BCUT2D eigenvalue weighted by Crippen LogP contribution is -2.40. The highest BCUT2D eigenvalue weighted by Gasteiger charge is 2.50. The van der Waals surface area contributed by atoms with E-state index in [0.717, 1.165) is 34.2 Å². The van der Waals surface area contributed by atoms with Crippen LogP contribution in [0.4, 0.5) is 10.0 Å². The van der Waals surface area contributed by atoms with Crippen molar-refractivity contribution in [3.05, 3.63) is 34.0 Å². The van der Waals surface area contributed by atoms with Crippen molar-refractivity contribution >= 4 is 44.3 Å². The molecule has 1 fully saturated rings. The van der Waals surface area contributed by atoms with Crippen LogP contribution in [0.5, 0.6) is 0 Å². The summed E-state index contributed by atoms with van der Waals surface area (Å²) < 4.78 is 0. The average molecular weight is 302 g/mol. The van der Waals surface area contributed by atoms with Crippen LogP contribution in [0.2, 0.25) is 0 Å². The van der Waals surface area contributed by atoms with E-state index in [2.05, 4.69) is 16.3 Å². The van der Waals surface area contributed by atoms with Crippen molar-refractivity contribution in [2.24, 2.45) is 10.4 Å². The third-order valence-electron chi connectivity index (χ3n) is 4.15. The highest BCUT2D eigenvalue weighted by Crippen LogP contribution is 2.47. The van der Waals surface area contributed by atoms with Crippen molar-refractivity contribution < 1.29 is 4.79 Å². The summed E-state index contributed by atoms with van der Waals surface area (Å²) in [6.07, 6.45) is 0.844. The fourth-order valence-electron chi connectivity index (χ4n) is 3.03. The lowest BCUT2D eigenvalue weighted by Gasteiger charge is -2.28. The summed E-state index contributed by atoms with van der Waals surface area (Å²) in [6, 6.07) is 6.13. The first-order valence-electron chi connectivity index (χ1n) is 6.65. The molecule has 1 saturated heterocycles. The molecule has 2 aliphatic heterocycles. The molecule has 0 spiro atoms. The highest BCUT2D eigenvalue weighted by atomic mass is 32.1. The molecule has 0 bridgehead atoms. The fraction of sp³-hybridized carbons (Fsp3) is 0.333. The Labute approximate surface area is 125 Å². The topological polar surface area (TPSA) is 32.7 Å². The van der Waals surface area contributed by atoms with Crippen LogP contribution < -0.4 is 4.90 Å². The van der Waals surface area contributed by atoms with E-state index in [-0.39, 0.29) is 5.78 Å². The first kappa shape index (κ1) is 12.3. The number of aryl methyl sites for hydroxylation is 1. The van der Waals surface area contributed by atoms with E-state index >= 15 is 0 Å². The lowest BCUT2D eigenvalue weighted by atomic mass is 9.79. The van der Waals surface area contributed by atoms with Gasteiger partial charge in [-0.1, -0.05) is 0 Å². The van der Waals surface area contributed by atoms with E-state index in [1.54, 1.807) is 22.7 Å². The Kier molecular flexibility index (Phi) is 2.47. The van der Waals surface area contributed by atoms with Gasteiger partial charge in [-0.05, 0) is 43.8 Å². The molecule has 0 saturated carbocycles. The van der Waals surface area contributed by atoms with Crippen molar-refractivity contribution in [3.63, 3.8) is 0 Å². The van der Waals surface area contributed by atoms with E-state index in [9.17, 15) is 4.79 Å². The number of fused-ring (bicyclic) bond motifs is 2. The second kappa shape index (κ2) is 4.02. The number of thiophene rings is 2. The van der Waals surface area contributed by atoms with Gasteiger partial charge < -0.3 is 4.90 Å². The molecule has 0 radical (unpaired) electrons. The second-order valence-corrected chi connectivity index (χ2v) is 7.69. The Hall–Kier alpha value is -1.46. The lowest BCUT2D eigenvalue weighted by molar-refractivity contribution is 0.0888. The molecule has 1 atom stereocenters. The summed E-state index contributed by atoms with van der Waals surface area (Å²) in [6.45, 7) is 4.94. The molecule has 0 aliphatic carbocycles. The maximum Gasteiger partial charge on any atom is 0.179 e. The normalized spacial score (nSPS) is 24.6. The minimum absolute atomic E-state index is 0.237. The van der Waals surface area contributed by atoms with Crippen molar-refractivity contribution in [2.45, 2.75) is 20.3 Å².